The fraction of sp³-hybridized carbons (Fsp3) is 0.0909. The zero-order valence-electron chi connectivity index (χ0n) is 8.32. The lowest BCUT2D eigenvalue weighted by molar-refractivity contribution is 0.207. The molecule has 0 aliphatic rings. The molecule has 84 valence electrons. The first-order chi connectivity index (χ1) is 7.50. The molecular formula is C11H11O4P. The van der Waals surface area contributed by atoms with E-state index in [1.807, 2.05) is 18.2 Å². The molecule has 5 heteroatoms. The van der Waals surface area contributed by atoms with E-state index in [-0.39, 0.29) is 5.56 Å². The number of rotatable bonds is 2. The van der Waals surface area contributed by atoms with Crippen LogP contribution in [0.2, 0.25) is 0 Å². The molecular weight excluding hydrogens is 227 g/mol. The minimum absolute atomic E-state index is 0.256. The smallest absolute Gasteiger partial charge is 0.358 e. The van der Waals surface area contributed by atoms with Crippen LogP contribution in [-0.4, -0.2) is 14.9 Å². The molecule has 0 spiro atoms. The normalized spacial score (nSPS) is 13.9. The molecule has 0 heterocycles. The van der Waals surface area contributed by atoms with Crippen molar-refractivity contribution < 1.29 is 19.5 Å². The second-order valence-corrected chi connectivity index (χ2v) is 5.20. The molecule has 0 saturated heterocycles. The van der Waals surface area contributed by atoms with E-state index in [1.54, 1.807) is 18.2 Å². The lowest BCUT2D eigenvalue weighted by atomic mass is 10.1. The molecule has 3 N–H and O–H groups in total. The molecule has 1 atom stereocenters. The van der Waals surface area contributed by atoms with Crippen molar-refractivity contribution >= 4 is 18.4 Å². The molecule has 0 saturated carbocycles. The summed E-state index contributed by atoms with van der Waals surface area (Å²) in [7, 11) is -4.53. The van der Waals surface area contributed by atoms with Gasteiger partial charge in [-0.15, -0.1) is 0 Å². The van der Waals surface area contributed by atoms with Crippen LogP contribution < -0.4 is 0 Å². The molecule has 2 aromatic carbocycles. The molecule has 0 amide bonds. The molecule has 0 aliphatic carbocycles. The standard InChI is InChI=1S/C11H11O4P/c12-11(16(13,14)15)10-7-3-5-8-4-1-2-6-9(8)10/h1-7,11-12H,(H2,13,14,15). The number of aliphatic hydroxyl groups is 1. The van der Waals surface area contributed by atoms with Crippen LogP contribution in [0.25, 0.3) is 10.8 Å². The number of hydrogen-bond donors (Lipinski definition) is 3. The summed E-state index contributed by atoms with van der Waals surface area (Å²) in [5, 5.41) is 11.1. The van der Waals surface area contributed by atoms with Crippen molar-refractivity contribution in [3.05, 3.63) is 48.0 Å². The van der Waals surface area contributed by atoms with Gasteiger partial charge in [0.25, 0.3) is 0 Å². The van der Waals surface area contributed by atoms with Crippen LogP contribution in [-0.2, 0) is 4.57 Å². The van der Waals surface area contributed by atoms with Gasteiger partial charge in [0.05, 0.1) is 0 Å². The van der Waals surface area contributed by atoms with Crippen molar-refractivity contribution in [1.29, 1.82) is 0 Å². The van der Waals surface area contributed by atoms with E-state index in [1.165, 1.54) is 6.07 Å². The number of aliphatic hydroxyl groups excluding tert-OH is 1. The monoisotopic (exact) mass is 238 g/mol. The van der Waals surface area contributed by atoms with Crippen LogP contribution >= 0.6 is 7.60 Å². The number of hydrogen-bond acceptors (Lipinski definition) is 2. The minimum atomic E-state index is -4.53. The average Bonchev–Trinajstić information content (AvgIpc) is 2.26. The molecule has 0 fully saturated rings. The van der Waals surface area contributed by atoms with Gasteiger partial charge in [0, 0.05) is 5.56 Å². The van der Waals surface area contributed by atoms with Crippen LogP contribution in [0.5, 0.6) is 0 Å². The van der Waals surface area contributed by atoms with Gasteiger partial charge < -0.3 is 14.9 Å². The zero-order chi connectivity index (χ0) is 11.8. The lowest BCUT2D eigenvalue weighted by Gasteiger charge is -2.14. The molecule has 0 bridgehead atoms. The van der Waals surface area contributed by atoms with E-state index in [0.717, 1.165) is 5.39 Å². The second-order valence-electron chi connectivity index (χ2n) is 3.53. The van der Waals surface area contributed by atoms with E-state index in [9.17, 15) is 9.67 Å². The van der Waals surface area contributed by atoms with E-state index in [4.69, 9.17) is 9.79 Å². The topological polar surface area (TPSA) is 77.8 Å². The molecule has 2 rings (SSSR count). The fourth-order valence-corrected chi connectivity index (χ4v) is 2.24. The van der Waals surface area contributed by atoms with Crippen molar-refractivity contribution in [3.8, 4) is 0 Å². The Bertz CT molecular complexity index is 555. The summed E-state index contributed by atoms with van der Waals surface area (Å²) < 4.78 is 11.0. The predicted molar refractivity (Wildman–Crippen MR) is 61.0 cm³/mol. The average molecular weight is 238 g/mol. The summed E-state index contributed by atoms with van der Waals surface area (Å²) in [6, 6.07) is 12.1. The van der Waals surface area contributed by atoms with Crippen LogP contribution in [0.3, 0.4) is 0 Å². The third-order valence-electron chi connectivity index (χ3n) is 2.42. The Kier molecular flexibility index (Phi) is 2.82. The molecule has 16 heavy (non-hydrogen) atoms. The van der Waals surface area contributed by atoms with Gasteiger partial charge in [-0.2, -0.15) is 0 Å². The third-order valence-corrected chi connectivity index (χ3v) is 3.34. The highest BCUT2D eigenvalue weighted by Gasteiger charge is 2.28. The predicted octanol–water partition coefficient (Wildman–Crippen LogP) is 2.01. The molecule has 1 unspecified atom stereocenters. The van der Waals surface area contributed by atoms with Crippen molar-refractivity contribution in [3.63, 3.8) is 0 Å². The van der Waals surface area contributed by atoms with Crippen LogP contribution in [0, 0.1) is 0 Å². The highest BCUT2D eigenvalue weighted by molar-refractivity contribution is 7.51. The van der Waals surface area contributed by atoms with Crippen LogP contribution in [0.4, 0.5) is 0 Å². The summed E-state index contributed by atoms with van der Waals surface area (Å²) >= 11 is 0. The van der Waals surface area contributed by atoms with Gasteiger partial charge in [-0.25, -0.2) is 0 Å². The lowest BCUT2D eigenvalue weighted by Crippen LogP contribution is -1.99. The number of fused-ring (bicyclic) bond motifs is 1. The van der Waals surface area contributed by atoms with Gasteiger partial charge in [0.1, 0.15) is 0 Å². The second kappa shape index (κ2) is 4.00. The van der Waals surface area contributed by atoms with Crippen molar-refractivity contribution in [2.75, 3.05) is 0 Å². The Labute approximate surface area is 92.3 Å². The van der Waals surface area contributed by atoms with Gasteiger partial charge in [0.15, 0.2) is 5.85 Å². The van der Waals surface area contributed by atoms with E-state index in [0.29, 0.717) is 5.39 Å². The van der Waals surface area contributed by atoms with E-state index in [2.05, 4.69) is 0 Å². The SMILES string of the molecule is O=P(O)(O)C(O)c1cccc2ccccc12. The highest BCUT2D eigenvalue weighted by Crippen LogP contribution is 2.51. The Morgan fingerprint density at radius 2 is 1.62 bits per heavy atom. The van der Waals surface area contributed by atoms with Gasteiger partial charge in [-0.05, 0) is 10.8 Å². The summed E-state index contributed by atoms with van der Waals surface area (Å²) in [4.78, 5) is 17.9. The maximum atomic E-state index is 11.0. The summed E-state index contributed by atoms with van der Waals surface area (Å²) in [6.45, 7) is 0. The Hall–Kier alpha value is -1.19. The van der Waals surface area contributed by atoms with E-state index < -0.39 is 13.4 Å². The minimum Gasteiger partial charge on any atom is -0.376 e. The van der Waals surface area contributed by atoms with Gasteiger partial charge in [-0.3, -0.25) is 4.57 Å². The molecule has 0 aliphatic heterocycles. The molecule has 0 radical (unpaired) electrons. The summed E-state index contributed by atoms with van der Waals surface area (Å²) in [5.41, 5.74) is 0.256. The largest absolute Gasteiger partial charge is 0.376 e. The van der Waals surface area contributed by atoms with Crippen molar-refractivity contribution in [2.45, 2.75) is 5.85 Å². The summed E-state index contributed by atoms with van der Waals surface area (Å²) in [6.07, 6.45) is 0. The molecule has 2 aromatic rings. The number of benzene rings is 2. The summed E-state index contributed by atoms with van der Waals surface area (Å²) in [5.74, 6) is -1.77. The fourth-order valence-electron chi connectivity index (χ4n) is 1.66. The molecule has 0 aromatic heterocycles. The van der Waals surface area contributed by atoms with Crippen molar-refractivity contribution in [2.24, 2.45) is 0 Å². The van der Waals surface area contributed by atoms with Crippen LogP contribution in [0.15, 0.2) is 42.5 Å². The third kappa shape index (κ3) is 2.01. The maximum absolute atomic E-state index is 11.0. The van der Waals surface area contributed by atoms with Gasteiger partial charge >= 0.3 is 7.60 Å². The van der Waals surface area contributed by atoms with Gasteiger partial charge in [-0.1, -0.05) is 42.5 Å². The quantitative estimate of drug-likeness (QED) is 0.699. The van der Waals surface area contributed by atoms with E-state index >= 15 is 0 Å². The van der Waals surface area contributed by atoms with Crippen LogP contribution in [0.1, 0.15) is 11.4 Å². The first-order valence-electron chi connectivity index (χ1n) is 4.71. The highest BCUT2D eigenvalue weighted by atomic mass is 31.2. The van der Waals surface area contributed by atoms with Crippen molar-refractivity contribution in [1.82, 2.24) is 0 Å². The van der Waals surface area contributed by atoms with Gasteiger partial charge in [0.2, 0.25) is 0 Å². The first-order valence-corrected chi connectivity index (χ1v) is 6.39. The Morgan fingerprint density at radius 1 is 1.00 bits per heavy atom. The maximum Gasteiger partial charge on any atom is 0.358 e. The molecule has 4 nitrogen and oxygen atoms in total. The Morgan fingerprint density at radius 3 is 2.31 bits per heavy atom. The zero-order valence-corrected chi connectivity index (χ0v) is 9.21. The first kappa shape index (κ1) is 11.3. The Balaban J connectivity index is 2.65.